The summed E-state index contributed by atoms with van der Waals surface area (Å²) >= 11 is 2.45. The molecule has 0 atom stereocenters. The van der Waals surface area contributed by atoms with Gasteiger partial charge >= 0.3 is 0 Å². The van der Waals surface area contributed by atoms with E-state index in [1.165, 1.54) is 11.8 Å². The third-order valence-electron chi connectivity index (χ3n) is 4.77. The Bertz CT molecular complexity index is 1410. The highest BCUT2D eigenvalue weighted by atomic mass is 32.2. The number of nitrogens with zero attached hydrogens (tertiary/aromatic N) is 5. The van der Waals surface area contributed by atoms with Crippen LogP contribution in [0.5, 0.6) is 5.75 Å². The van der Waals surface area contributed by atoms with Crippen LogP contribution >= 0.6 is 23.5 Å². The van der Waals surface area contributed by atoms with Crippen molar-refractivity contribution >= 4 is 62.7 Å². The zero-order chi connectivity index (χ0) is 20.7. The molecule has 0 aliphatic carbocycles. The minimum Gasteiger partial charge on any atom is -0.497 e. The summed E-state index contributed by atoms with van der Waals surface area (Å²) in [5.74, 6) is 0.793. The van der Waals surface area contributed by atoms with Crippen molar-refractivity contribution in [3.63, 3.8) is 0 Å². The van der Waals surface area contributed by atoms with Crippen molar-refractivity contribution in [2.75, 3.05) is 18.2 Å². The van der Waals surface area contributed by atoms with Crippen LogP contribution in [0.15, 0.2) is 47.6 Å². The first-order chi connectivity index (χ1) is 14.6. The smallest absolute Gasteiger partial charge is 0.234 e. The number of carbonyl (C=O) groups excluding carboxylic acids is 1. The summed E-state index contributed by atoms with van der Waals surface area (Å²) in [6.07, 6.45) is 0. The zero-order valence-electron chi connectivity index (χ0n) is 16.1. The average molecular weight is 437 g/mol. The summed E-state index contributed by atoms with van der Waals surface area (Å²) in [7, 11) is 1.64. The van der Waals surface area contributed by atoms with Crippen molar-refractivity contribution < 1.29 is 9.53 Å². The van der Waals surface area contributed by atoms with E-state index < -0.39 is 0 Å². The van der Waals surface area contributed by atoms with E-state index in [4.69, 9.17) is 4.74 Å². The normalized spacial score (nSPS) is 11.4. The van der Waals surface area contributed by atoms with Crippen LogP contribution in [0.2, 0.25) is 0 Å². The van der Waals surface area contributed by atoms with E-state index in [9.17, 15) is 4.79 Å². The monoisotopic (exact) mass is 436 g/mol. The number of hydrogen-bond donors (Lipinski definition) is 1. The van der Waals surface area contributed by atoms with Crippen molar-refractivity contribution in [3.05, 3.63) is 48.0 Å². The molecule has 8 nitrogen and oxygen atoms in total. The predicted octanol–water partition coefficient (Wildman–Crippen LogP) is 3.94. The molecule has 10 heteroatoms. The van der Waals surface area contributed by atoms with E-state index in [1.807, 2.05) is 53.8 Å². The summed E-state index contributed by atoms with van der Waals surface area (Å²) in [4.78, 5) is 12.6. The maximum absolute atomic E-state index is 12.6. The molecule has 0 unspecified atom stereocenters. The van der Waals surface area contributed by atoms with E-state index in [0.29, 0.717) is 16.4 Å². The fraction of sp³-hybridized carbons (Fsp3) is 0.150. The molecule has 0 saturated heterocycles. The number of benzene rings is 2. The molecule has 5 rings (SSSR count). The number of hydrogen-bond acceptors (Lipinski definition) is 8. The molecule has 1 N–H and O–H groups in total. The summed E-state index contributed by atoms with van der Waals surface area (Å²) in [6, 6.07) is 13.4. The van der Waals surface area contributed by atoms with Gasteiger partial charge in [0.2, 0.25) is 5.91 Å². The van der Waals surface area contributed by atoms with E-state index in [-0.39, 0.29) is 11.7 Å². The molecule has 0 bridgehead atoms. The van der Waals surface area contributed by atoms with E-state index in [2.05, 4.69) is 24.3 Å². The van der Waals surface area contributed by atoms with Gasteiger partial charge in [0.15, 0.2) is 10.8 Å². The molecule has 150 valence electrons. The van der Waals surface area contributed by atoms with Gasteiger partial charge in [0.05, 0.1) is 35.8 Å². The van der Waals surface area contributed by atoms with Gasteiger partial charge in [0, 0.05) is 11.5 Å². The summed E-state index contributed by atoms with van der Waals surface area (Å²) in [5, 5.41) is 13.2. The molecule has 0 aliphatic heterocycles. The Hall–Kier alpha value is -3.24. The van der Waals surface area contributed by atoms with Gasteiger partial charge in [-0.3, -0.25) is 9.20 Å². The molecule has 0 fully saturated rings. The Morgan fingerprint density at radius 1 is 1.20 bits per heavy atom. The lowest BCUT2D eigenvalue weighted by Gasteiger charge is -2.09. The van der Waals surface area contributed by atoms with Crippen molar-refractivity contribution in [3.8, 4) is 5.75 Å². The largest absolute Gasteiger partial charge is 0.497 e. The second-order valence-electron chi connectivity index (χ2n) is 6.66. The maximum Gasteiger partial charge on any atom is 0.234 e. The van der Waals surface area contributed by atoms with Crippen LogP contribution in [0, 0.1) is 6.92 Å². The van der Waals surface area contributed by atoms with Crippen molar-refractivity contribution in [1.82, 2.24) is 23.3 Å². The molecule has 0 saturated carbocycles. The molecule has 2 aromatic carbocycles. The Balaban J connectivity index is 1.43. The van der Waals surface area contributed by atoms with Gasteiger partial charge in [-0.1, -0.05) is 17.8 Å². The highest BCUT2D eigenvalue weighted by molar-refractivity contribution is 7.99. The second-order valence-corrected chi connectivity index (χ2v) is 8.13. The first-order valence-corrected chi connectivity index (χ1v) is 10.8. The predicted molar refractivity (Wildman–Crippen MR) is 119 cm³/mol. The Morgan fingerprint density at radius 2 is 2.10 bits per heavy atom. The number of aromatic nitrogens is 5. The molecule has 5 aromatic rings. The van der Waals surface area contributed by atoms with Gasteiger partial charge in [0.25, 0.3) is 0 Å². The van der Waals surface area contributed by atoms with Crippen LogP contribution in [-0.4, -0.2) is 42.1 Å². The summed E-state index contributed by atoms with van der Waals surface area (Å²) in [6.45, 7) is 2.04. The highest BCUT2D eigenvalue weighted by Gasteiger charge is 2.15. The number of thioether (sulfide) groups is 1. The molecule has 0 spiro atoms. The number of methoxy groups -OCH3 is 1. The molecular formula is C20H16N6O2S2. The molecule has 30 heavy (non-hydrogen) atoms. The van der Waals surface area contributed by atoms with Crippen molar-refractivity contribution in [2.45, 2.75) is 12.1 Å². The van der Waals surface area contributed by atoms with Crippen molar-refractivity contribution in [2.24, 2.45) is 0 Å². The number of ether oxygens (including phenoxy) is 1. The molecule has 0 aliphatic rings. The van der Waals surface area contributed by atoms with Gasteiger partial charge in [-0.25, -0.2) is 0 Å². The van der Waals surface area contributed by atoms with Crippen molar-refractivity contribution in [1.29, 1.82) is 0 Å². The third-order valence-corrected chi connectivity index (χ3v) is 6.24. The minimum absolute atomic E-state index is 0.147. The summed E-state index contributed by atoms with van der Waals surface area (Å²) < 4.78 is 15.8. The second kappa shape index (κ2) is 7.54. The Kier molecular flexibility index (Phi) is 4.72. The lowest BCUT2D eigenvalue weighted by Crippen LogP contribution is -2.14. The molecule has 3 heterocycles. The van der Waals surface area contributed by atoms with E-state index in [1.54, 1.807) is 7.11 Å². The highest BCUT2D eigenvalue weighted by Crippen LogP contribution is 2.29. The number of rotatable bonds is 5. The molecule has 3 aromatic heterocycles. The topological polar surface area (TPSA) is 94.3 Å². The number of aryl methyl sites for hydroxylation is 1. The van der Waals surface area contributed by atoms with Crippen LogP contribution in [0.25, 0.3) is 27.6 Å². The first kappa shape index (κ1) is 18.8. The van der Waals surface area contributed by atoms with Crippen LogP contribution in [0.4, 0.5) is 5.69 Å². The first-order valence-electron chi connectivity index (χ1n) is 9.10. The molecule has 0 radical (unpaired) electrons. The lowest BCUT2D eigenvalue weighted by atomic mass is 10.1. The van der Waals surface area contributed by atoms with Gasteiger partial charge in [0.1, 0.15) is 16.8 Å². The fourth-order valence-electron chi connectivity index (χ4n) is 3.35. The minimum atomic E-state index is -0.147. The average Bonchev–Trinajstić information content (AvgIpc) is 3.39. The number of carbonyl (C=O) groups is 1. The number of anilines is 1. The quantitative estimate of drug-likeness (QED) is 0.417. The SMILES string of the molecule is COc1ccc2c(C)cc3nnc(SCC(=O)Nc4cccc5nsnc45)n3c2c1. The van der Waals surface area contributed by atoms with E-state index >= 15 is 0 Å². The standard InChI is InChI=1S/C20H16N6O2S2/c1-11-8-17-22-23-20(26(17)16-9-12(28-2)6-7-13(11)16)29-10-18(27)21-14-4-3-5-15-19(14)25-30-24-15/h3-9H,10H2,1-2H3,(H,21,27). The van der Waals surface area contributed by atoms with E-state index in [0.717, 1.165) is 45.1 Å². The van der Waals surface area contributed by atoms with Gasteiger partial charge < -0.3 is 10.1 Å². The number of amides is 1. The van der Waals surface area contributed by atoms with Crippen LogP contribution < -0.4 is 10.1 Å². The number of pyridine rings is 1. The van der Waals surface area contributed by atoms with Crippen LogP contribution in [0.1, 0.15) is 5.56 Å². The summed E-state index contributed by atoms with van der Waals surface area (Å²) in [5.41, 5.74) is 4.90. The Morgan fingerprint density at radius 3 is 2.97 bits per heavy atom. The lowest BCUT2D eigenvalue weighted by molar-refractivity contribution is -0.113. The van der Waals surface area contributed by atoms with Crippen LogP contribution in [-0.2, 0) is 4.79 Å². The molecule has 1 amide bonds. The zero-order valence-corrected chi connectivity index (χ0v) is 17.8. The maximum atomic E-state index is 12.6. The molecular weight excluding hydrogens is 420 g/mol. The van der Waals surface area contributed by atoms with Crippen LogP contribution in [0.3, 0.4) is 0 Å². The van der Waals surface area contributed by atoms with Gasteiger partial charge in [-0.15, -0.1) is 10.2 Å². The number of fused-ring (bicyclic) bond motifs is 4. The number of nitrogens with one attached hydrogen (secondary N) is 1. The third kappa shape index (κ3) is 3.23. The fourth-order valence-corrected chi connectivity index (χ4v) is 4.65. The Labute approximate surface area is 179 Å². The van der Waals surface area contributed by atoms with Gasteiger partial charge in [-0.2, -0.15) is 8.75 Å². The van der Waals surface area contributed by atoms with Gasteiger partial charge in [-0.05, 0) is 42.8 Å².